The first-order valence-corrected chi connectivity index (χ1v) is 9.58. The van der Waals surface area contributed by atoms with E-state index in [0.29, 0.717) is 48.4 Å². The molecule has 0 unspecified atom stereocenters. The Balaban J connectivity index is 1.39. The summed E-state index contributed by atoms with van der Waals surface area (Å²) in [4.78, 5) is 24.3. The van der Waals surface area contributed by atoms with E-state index in [0.717, 1.165) is 11.1 Å². The number of aromatic nitrogens is 1. The highest BCUT2D eigenvalue weighted by molar-refractivity contribution is 6.32. The molecule has 2 heterocycles. The van der Waals surface area contributed by atoms with Gasteiger partial charge in [-0.15, -0.1) is 0 Å². The quantitative estimate of drug-likeness (QED) is 0.701. The maximum atomic E-state index is 12.5. The van der Waals surface area contributed by atoms with Crippen LogP contribution in [-0.4, -0.2) is 23.7 Å². The zero-order valence-corrected chi connectivity index (χ0v) is 16.3. The van der Waals surface area contributed by atoms with Crippen LogP contribution in [0.4, 0.5) is 0 Å². The van der Waals surface area contributed by atoms with Crippen molar-refractivity contribution < 1.29 is 14.3 Å². The Kier molecular flexibility index (Phi) is 5.53. The number of hydrogen-bond acceptors (Lipinski definition) is 4. The summed E-state index contributed by atoms with van der Waals surface area (Å²) in [5.41, 5.74) is 2.33. The van der Waals surface area contributed by atoms with Crippen molar-refractivity contribution in [1.29, 1.82) is 0 Å². The molecular formula is C22H19ClN2O4. The lowest BCUT2D eigenvalue weighted by Gasteiger charge is -2.20. The third-order valence-electron chi connectivity index (χ3n) is 4.59. The third kappa shape index (κ3) is 4.43. The largest absolute Gasteiger partial charge is 0.486 e. The minimum absolute atomic E-state index is 0.0399. The Labute approximate surface area is 172 Å². The normalized spacial score (nSPS) is 12.4. The Morgan fingerprint density at radius 2 is 1.79 bits per heavy atom. The van der Waals surface area contributed by atoms with E-state index in [9.17, 15) is 9.59 Å². The SMILES string of the molecule is O=C(NCc1ccc(Cn2ccccc2=O)cc1)c1cc(Cl)c2c(c1)OCCO2. The first kappa shape index (κ1) is 19.1. The van der Waals surface area contributed by atoms with Crippen LogP contribution in [-0.2, 0) is 13.1 Å². The van der Waals surface area contributed by atoms with Gasteiger partial charge in [0.25, 0.3) is 11.5 Å². The minimum atomic E-state index is -0.246. The van der Waals surface area contributed by atoms with Gasteiger partial charge in [-0.25, -0.2) is 0 Å². The van der Waals surface area contributed by atoms with Gasteiger partial charge >= 0.3 is 0 Å². The number of hydrogen-bond donors (Lipinski definition) is 1. The third-order valence-corrected chi connectivity index (χ3v) is 4.87. The van der Waals surface area contributed by atoms with Gasteiger partial charge < -0.3 is 19.4 Å². The van der Waals surface area contributed by atoms with Gasteiger partial charge in [0.1, 0.15) is 13.2 Å². The zero-order valence-electron chi connectivity index (χ0n) is 15.6. The van der Waals surface area contributed by atoms with E-state index in [4.69, 9.17) is 21.1 Å². The Bertz CT molecular complexity index is 1090. The van der Waals surface area contributed by atoms with Crippen molar-refractivity contribution in [2.24, 2.45) is 0 Å². The lowest BCUT2D eigenvalue weighted by atomic mass is 10.1. The molecule has 0 fully saturated rings. The van der Waals surface area contributed by atoms with Crippen LogP contribution in [0.1, 0.15) is 21.5 Å². The molecule has 2 aromatic carbocycles. The van der Waals surface area contributed by atoms with Crippen LogP contribution in [0, 0.1) is 0 Å². The zero-order chi connectivity index (χ0) is 20.2. The van der Waals surface area contributed by atoms with E-state index < -0.39 is 0 Å². The van der Waals surface area contributed by atoms with Gasteiger partial charge in [-0.05, 0) is 29.3 Å². The Hall–Kier alpha value is -3.25. The number of carbonyl (C=O) groups is 1. The molecular weight excluding hydrogens is 392 g/mol. The van der Waals surface area contributed by atoms with Crippen LogP contribution in [0.15, 0.2) is 65.6 Å². The summed E-state index contributed by atoms with van der Waals surface area (Å²) >= 11 is 6.19. The number of carbonyl (C=O) groups excluding carboxylic acids is 1. The predicted molar refractivity (Wildman–Crippen MR) is 110 cm³/mol. The number of fused-ring (bicyclic) bond motifs is 1. The summed E-state index contributed by atoms with van der Waals surface area (Å²) in [5, 5.41) is 3.23. The lowest BCUT2D eigenvalue weighted by Crippen LogP contribution is -2.23. The molecule has 1 aliphatic heterocycles. The van der Waals surface area contributed by atoms with Gasteiger partial charge in [0.2, 0.25) is 0 Å². The van der Waals surface area contributed by atoms with Gasteiger partial charge in [-0.2, -0.15) is 0 Å². The summed E-state index contributed by atoms with van der Waals surface area (Å²) in [6.45, 7) is 1.74. The van der Waals surface area contributed by atoms with Crippen molar-refractivity contribution in [2.75, 3.05) is 13.2 Å². The molecule has 0 saturated carbocycles. The van der Waals surface area contributed by atoms with Crippen molar-refractivity contribution in [2.45, 2.75) is 13.1 Å². The maximum Gasteiger partial charge on any atom is 0.251 e. The van der Waals surface area contributed by atoms with Gasteiger partial charge in [-0.1, -0.05) is 41.9 Å². The molecule has 148 valence electrons. The molecule has 29 heavy (non-hydrogen) atoms. The summed E-state index contributed by atoms with van der Waals surface area (Å²) in [5.74, 6) is 0.709. The van der Waals surface area contributed by atoms with Gasteiger partial charge in [0.15, 0.2) is 11.5 Å². The van der Waals surface area contributed by atoms with Gasteiger partial charge in [-0.3, -0.25) is 9.59 Å². The molecule has 3 aromatic rings. The monoisotopic (exact) mass is 410 g/mol. The molecule has 0 spiro atoms. The highest BCUT2D eigenvalue weighted by Crippen LogP contribution is 2.38. The summed E-state index contributed by atoms with van der Waals surface area (Å²) in [6.07, 6.45) is 1.76. The molecule has 0 radical (unpaired) electrons. The van der Waals surface area contributed by atoms with E-state index in [-0.39, 0.29) is 11.5 Å². The number of amides is 1. The van der Waals surface area contributed by atoms with Gasteiger partial charge in [0.05, 0.1) is 11.6 Å². The molecule has 4 rings (SSSR count). The second-order valence-electron chi connectivity index (χ2n) is 6.65. The standard InChI is InChI=1S/C22H19ClN2O4/c23-18-11-17(12-19-21(18)29-10-9-28-19)22(27)24-13-15-4-6-16(7-5-15)14-25-8-2-1-3-20(25)26/h1-8,11-12H,9-10,13-14H2,(H,24,27). The van der Waals surface area contributed by atoms with Crippen molar-refractivity contribution in [3.8, 4) is 11.5 Å². The van der Waals surface area contributed by atoms with E-state index in [1.165, 1.54) is 6.07 Å². The fraction of sp³-hybridized carbons (Fsp3) is 0.182. The second-order valence-corrected chi connectivity index (χ2v) is 7.06. The van der Waals surface area contributed by atoms with Crippen molar-refractivity contribution >= 4 is 17.5 Å². The summed E-state index contributed by atoms with van der Waals surface area (Å²) in [7, 11) is 0. The van der Waals surface area contributed by atoms with Crippen LogP contribution in [0.25, 0.3) is 0 Å². The fourth-order valence-electron chi connectivity index (χ4n) is 3.08. The molecule has 0 saturated heterocycles. The molecule has 1 aliphatic rings. The van der Waals surface area contributed by atoms with E-state index in [1.807, 2.05) is 30.3 Å². The highest BCUT2D eigenvalue weighted by Gasteiger charge is 2.19. The average molecular weight is 411 g/mol. The average Bonchev–Trinajstić information content (AvgIpc) is 2.74. The lowest BCUT2D eigenvalue weighted by molar-refractivity contribution is 0.0949. The van der Waals surface area contributed by atoms with Crippen LogP contribution in [0.5, 0.6) is 11.5 Å². The van der Waals surface area contributed by atoms with Gasteiger partial charge in [0, 0.05) is 24.4 Å². The fourth-order valence-corrected chi connectivity index (χ4v) is 3.34. The van der Waals surface area contributed by atoms with E-state index in [2.05, 4.69) is 5.32 Å². The number of ether oxygens (including phenoxy) is 2. The molecule has 0 bridgehead atoms. The van der Waals surface area contributed by atoms with Crippen LogP contribution >= 0.6 is 11.6 Å². The van der Waals surface area contributed by atoms with Crippen LogP contribution in [0.2, 0.25) is 5.02 Å². The van der Waals surface area contributed by atoms with Crippen LogP contribution in [0.3, 0.4) is 0 Å². The number of benzene rings is 2. The Morgan fingerprint density at radius 3 is 2.59 bits per heavy atom. The van der Waals surface area contributed by atoms with Crippen molar-refractivity contribution in [3.05, 3.63) is 92.9 Å². The predicted octanol–water partition coefficient (Wildman–Crippen LogP) is 3.25. The first-order chi connectivity index (χ1) is 14.1. The molecule has 6 nitrogen and oxygen atoms in total. The summed E-state index contributed by atoms with van der Waals surface area (Å²) in [6, 6.07) is 16.1. The highest BCUT2D eigenvalue weighted by atomic mass is 35.5. The molecule has 1 N–H and O–H groups in total. The smallest absolute Gasteiger partial charge is 0.251 e. The minimum Gasteiger partial charge on any atom is -0.486 e. The molecule has 0 atom stereocenters. The van der Waals surface area contributed by atoms with Crippen LogP contribution < -0.4 is 20.3 Å². The molecule has 1 amide bonds. The topological polar surface area (TPSA) is 69.6 Å². The molecule has 7 heteroatoms. The van der Waals surface area contributed by atoms with Crippen molar-refractivity contribution in [1.82, 2.24) is 9.88 Å². The summed E-state index contributed by atoms with van der Waals surface area (Å²) < 4.78 is 12.6. The van der Waals surface area contributed by atoms with E-state index >= 15 is 0 Å². The Morgan fingerprint density at radius 1 is 1.03 bits per heavy atom. The van der Waals surface area contributed by atoms with Crippen molar-refractivity contribution in [3.63, 3.8) is 0 Å². The number of pyridine rings is 1. The maximum absolute atomic E-state index is 12.5. The number of nitrogens with one attached hydrogen (secondary N) is 1. The number of rotatable bonds is 5. The van der Waals surface area contributed by atoms with E-state index in [1.54, 1.807) is 29.0 Å². The first-order valence-electron chi connectivity index (χ1n) is 9.21. The molecule has 1 aromatic heterocycles. The second kappa shape index (κ2) is 8.41. The molecule has 0 aliphatic carbocycles. The number of halogens is 1. The number of nitrogens with zero attached hydrogens (tertiary/aromatic N) is 1.